The number of nitrogens with zero attached hydrogens (tertiary/aromatic N) is 2. The molecule has 2 aliphatic rings. The SMILES string of the molecule is CCOC(=O)CC(c1ccnc(OCC2CCN(c3cc(S(C)(=O)=O)ccc3C(=O)O)CC2)c1)C1CC1. The third-order valence-corrected chi connectivity index (χ3v) is 8.23. The quantitative estimate of drug-likeness (QED) is 0.431. The van der Waals surface area contributed by atoms with Gasteiger partial charge in [-0.2, -0.15) is 0 Å². The van der Waals surface area contributed by atoms with Gasteiger partial charge in [0.05, 0.1) is 35.8 Å². The first-order chi connectivity index (χ1) is 17.7. The molecule has 0 radical (unpaired) electrons. The van der Waals surface area contributed by atoms with Crippen molar-refractivity contribution in [2.75, 3.05) is 37.5 Å². The van der Waals surface area contributed by atoms with Crippen molar-refractivity contribution in [2.24, 2.45) is 11.8 Å². The standard InChI is InChI=1S/C27H34N2O7S/c1-3-35-26(30)16-23(19-4-5-19)20-8-11-28-25(14-20)36-17-18-9-12-29(13-10-18)24-15-21(37(2,33)34)6-7-22(24)27(31)32/h6-8,11,14-15,18-19,23H,3-5,9-10,12-13,16-17H2,1-2H3,(H,31,32). The van der Waals surface area contributed by atoms with Gasteiger partial charge in [-0.25, -0.2) is 18.2 Å². The Morgan fingerprint density at radius 3 is 2.49 bits per heavy atom. The third-order valence-electron chi connectivity index (χ3n) is 7.12. The van der Waals surface area contributed by atoms with Crippen LogP contribution >= 0.6 is 0 Å². The number of ether oxygens (including phenoxy) is 2. The predicted octanol–water partition coefficient (Wildman–Crippen LogP) is 3.93. The van der Waals surface area contributed by atoms with Crippen LogP contribution in [0.3, 0.4) is 0 Å². The van der Waals surface area contributed by atoms with Crippen LogP contribution in [-0.2, 0) is 19.4 Å². The molecular formula is C27H34N2O7S. The summed E-state index contributed by atoms with van der Waals surface area (Å²) in [5, 5.41) is 9.60. The van der Waals surface area contributed by atoms with Gasteiger partial charge in [0, 0.05) is 31.6 Å². The van der Waals surface area contributed by atoms with E-state index < -0.39 is 15.8 Å². The number of aromatic carboxylic acids is 1. The summed E-state index contributed by atoms with van der Waals surface area (Å²) in [5.41, 5.74) is 1.57. The summed E-state index contributed by atoms with van der Waals surface area (Å²) >= 11 is 0. The van der Waals surface area contributed by atoms with Gasteiger partial charge in [-0.3, -0.25) is 4.79 Å². The van der Waals surface area contributed by atoms with Crippen molar-refractivity contribution in [3.8, 4) is 5.88 Å². The molecule has 1 saturated carbocycles. The highest BCUT2D eigenvalue weighted by atomic mass is 32.2. The Labute approximate surface area is 217 Å². The Morgan fingerprint density at radius 1 is 1.14 bits per heavy atom. The molecule has 9 nitrogen and oxygen atoms in total. The molecule has 4 rings (SSSR count). The maximum absolute atomic E-state index is 12.1. The van der Waals surface area contributed by atoms with Gasteiger partial charge in [-0.1, -0.05) is 0 Å². The molecule has 200 valence electrons. The van der Waals surface area contributed by atoms with Gasteiger partial charge in [-0.05, 0) is 80.2 Å². The summed E-state index contributed by atoms with van der Waals surface area (Å²) in [7, 11) is -3.45. The molecule has 1 aliphatic carbocycles. The number of pyridine rings is 1. The Hall–Kier alpha value is -3.14. The number of esters is 1. The number of carbonyl (C=O) groups excluding carboxylic acids is 1. The summed E-state index contributed by atoms with van der Waals surface area (Å²) in [6.45, 7) is 3.85. The summed E-state index contributed by atoms with van der Waals surface area (Å²) in [6.07, 6.45) is 6.96. The molecule has 1 aliphatic heterocycles. The van der Waals surface area contributed by atoms with Gasteiger partial charge < -0.3 is 19.5 Å². The second-order valence-corrected chi connectivity index (χ2v) is 11.9. The highest BCUT2D eigenvalue weighted by Gasteiger charge is 2.34. The largest absolute Gasteiger partial charge is 0.478 e. The van der Waals surface area contributed by atoms with E-state index >= 15 is 0 Å². The third kappa shape index (κ3) is 7.00. The molecule has 0 amide bonds. The average Bonchev–Trinajstić information content (AvgIpc) is 3.71. The number of carbonyl (C=O) groups is 2. The maximum Gasteiger partial charge on any atom is 0.337 e. The van der Waals surface area contributed by atoms with Crippen LogP contribution in [0, 0.1) is 11.8 Å². The number of benzene rings is 1. The van der Waals surface area contributed by atoms with Gasteiger partial charge in [0.1, 0.15) is 0 Å². The lowest BCUT2D eigenvalue weighted by atomic mass is 9.92. The van der Waals surface area contributed by atoms with E-state index in [9.17, 15) is 23.1 Å². The molecule has 0 bridgehead atoms. The zero-order chi connectivity index (χ0) is 26.6. The van der Waals surface area contributed by atoms with Gasteiger partial charge in [-0.15, -0.1) is 0 Å². The van der Waals surface area contributed by atoms with Crippen molar-refractivity contribution in [1.29, 1.82) is 0 Å². The summed E-state index contributed by atoms with van der Waals surface area (Å²) < 4.78 is 35.2. The van der Waals surface area contributed by atoms with Crippen molar-refractivity contribution >= 4 is 27.5 Å². The van der Waals surface area contributed by atoms with Crippen molar-refractivity contribution < 1.29 is 32.6 Å². The van der Waals surface area contributed by atoms with E-state index in [4.69, 9.17) is 9.47 Å². The molecule has 0 spiro atoms. The van der Waals surface area contributed by atoms with E-state index in [1.165, 1.54) is 18.2 Å². The molecule has 1 atom stereocenters. The summed E-state index contributed by atoms with van der Waals surface area (Å²) in [5.74, 6) is 0.118. The van der Waals surface area contributed by atoms with Crippen LogP contribution in [0.1, 0.15) is 60.9 Å². The minimum absolute atomic E-state index is 0.0937. The molecule has 2 heterocycles. The lowest BCUT2D eigenvalue weighted by Gasteiger charge is -2.34. The first kappa shape index (κ1) is 26.9. The molecule has 1 saturated heterocycles. The number of hydrogen-bond donors (Lipinski definition) is 1. The number of piperidine rings is 1. The maximum atomic E-state index is 12.1. The first-order valence-electron chi connectivity index (χ1n) is 12.7. The average molecular weight is 531 g/mol. The molecule has 1 N–H and O–H groups in total. The van der Waals surface area contributed by atoms with Crippen LogP contribution in [0.4, 0.5) is 5.69 Å². The monoisotopic (exact) mass is 530 g/mol. The molecule has 37 heavy (non-hydrogen) atoms. The molecule has 2 fully saturated rings. The number of hydrogen-bond acceptors (Lipinski definition) is 8. The molecule has 1 aromatic carbocycles. The van der Waals surface area contributed by atoms with E-state index in [1.54, 1.807) is 6.20 Å². The Morgan fingerprint density at radius 2 is 1.86 bits per heavy atom. The van der Waals surface area contributed by atoms with Gasteiger partial charge in [0.2, 0.25) is 5.88 Å². The van der Waals surface area contributed by atoms with Crippen LogP contribution in [0.25, 0.3) is 0 Å². The van der Waals surface area contributed by atoms with E-state index in [-0.39, 0.29) is 28.3 Å². The Kier molecular flexibility index (Phi) is 8.36. The number of carboxylic acids is 1. The molecular weight excluding hydrogens is 496 g/mol. The zero-order valence-corrected chi connectivity index (χ0v) is 22.1. The predicted molar refractivity (Wildman–Crippen MR) is 138 cm³/mol. The van der Waals surface area contributed by atoms with Gasteiger partial charge in [0.25, 0.3) is 0 Å². The first-order valence-corrected chi connectivity index (χ1v) is 14.6. The minimum Gasteiger partial charge on any atom is -0.478 e. The molecule has 1 unspecified atom stereocenters. The van der Waals surface area contributed by atoms with Gasteiger partial charge >= 0.3 is 11.9 Å². The molecule has 1 aromatic heterocycles. The van der Waals surface area contributed by atoms with E-state index in [0.717, 1.165) is 37.5 Å². The lowest BCUT2D eigenvalue weighted by molar-refractivity contribution is -0.143. The van der Waals surface area contributed by atoms with Crippen LogP contribution in [0.2, 0.25) is 0 Å². The van der Waals surface area contributed by atoms with Crippen molar-refractivity contribution in [3.05, 3.63) is 47.7 Å². The highest BCUT2D eigenvalue weighted by molar-refractivity contribution is 7.90. The van der Waals surface area contributed by atoms with Gasteiger partial charge in [0.15, 0.2) is 9.84 Å². The normalized spacial score (nSPS) is 17.3. The van der Waals surface area contributed by atoms with Crippen molar-refractivity contribution in [1.82, 2.24) is 4.98 Å². The second kappa shape index (κ2) is 11.5. The number of aromatic nitrogens is 1. The lowest BCUT2D eigenvalue weighted by Crippen LogP contribution is -2.36. The fourth-order valence-electron chi connectivity index (χ4n) is 4.92. The van der Waals surface area contributed by atoms with Crippen LogP contribution in [0.15, 0.2) is 41.4 Å². The number of carboxylic acid groups (broad SMARTS) is 1. The van der Waals surface area contributed by atoms with E-state index in [0.29, 0.717) is 50.2 Å². The number of sulfone groups is 1. The smallest absolute Gasteiger partial charge is 0.337 e. The van der Waals surface area contributed by atoms with E-state index in [2.05, 4.69) is 4.98 Å². The number of anilines is 1. The summed E-state index contributed by atoms with van der Waals surface area (Å²) in [6, 6.07) is 8.02. The number of rotatable bonds is 11. The molecule has 2 aromatic rings. The zero-order valence-electron chi connectivity index (χ0n) is 21.3. The van der Waals surface area contributed by atoms with Crippen molar-refractivity contribution in [2.45, 2.75) is 49.8 Å². The van der Waals surface area contributed by atoms with E-state index in [1.807, 2.05) is 24.0 Å². The highest BCUT2D eigenvalue weighted by Crippen LogP contribution is 2.45. The van der Waals surface area contributed by atoms with Crippen molar-refractivity contribution in [3.63, 3.8) is 0 Å². The second-order valence-electron chi connectivity index (χ2n) is 9.88. The minimum atomic E-state index is -3.45. The Bertz CT molecular complexity index is 1240. The Balaban J connectivity index is 1.36. The summed E-state index contributed by atoms with van der Waals surface area (Å²) in [4.78, 5) is 30.2. The van der Waals surface area contributed by atoms with Crippen LogP contribution in [-0.4, -0.2) is 63.0 Å². The van der Waals surface area contributed by atoms with Crippen LogP contribution < -0.4 is 9.64 Å². The fraction of sp³-hybridized carbons (Fsp3) is 0.519. The van der Waals surface area contributed by atoms with Crippen LogP contribution in [0.5, 0.6) is 5.88 Å². The molecule has 10 heteroatoms. The topological polar surface area (TPSA) is 123 Å². The fourth-order valence-corrected chi connectivity index (χ4v) is 5.56.